The van der Waals surface area contributed by atoms with E-state index in [1.54, 1.807) is 7.11 Å². The first-order valence-corrected chi connectivity index (χ1v) is 8.95. The quantitative estimate of drug-likeness (QED) is 0.808. The number of rotatable bonds is 5. The van der Waals surface area contributed by atoms with Gasteiger partial charge in [0, 0.05) is 32.2 Å². The zero-order valence-electron chi connectivity index (χ0n) is 15.4. The van der Waals surface area contributed by atoms with Gasteiger partial charge in [0.25, 0.3) is 5.91 Å². The summed E-state index contributed by atoms with van der Waals surface area (Å²) in [4.78, 5) is 16.9. The second-order valence-electron chi connectivity index (χ2n) is 6.93. The van der Waals surface area contributed by atoms with Crippen molar-refractivity contribution in [1.29, 1.82) is 0 Å². The summed E-state index contributed by atoms with van der Waals surface area (Å²) in [6.07, 6.45) is 0. The zero-order valence-corrected chi connectivity index (χ0v) is 15.4. The van der Waals surface area contributed by atoms with Crippen molar-refractivity contribution in [3.05, 3.63) is 23.8 Å². The summed E-state index contributed by atoms with van der Waals surface area (Å²) < 4.78 is 16.5. The Balaban J connectivity index is 1.55. The maximum Gasteiger partial charge on any atom is 0.260 e. The highest BCUT2D eigenvalue weighted by Crippen LogP contribution is 2.28. The molecule has 0 saturated carbocycles. The molecular weight excluding hydrogens is 320 g/mol. The van der Waals surface area contributed by atoms with Crippen molar-refractivity contribution in [3.63, 3.8) is 0 Å². The molecule has 3 rings (SSSR count). The fourth-order valence-electron chi connectivity index (χ4n) is 3.66. The van der Waals surface area contributed by atoms with Gasteiger partial charge in [-0.2, -0.15) is 0 Å². The van der Waals surface area contributed by atoms with Gasteiger partial charge in [0.2, 0.25) is 0 Å². The van der Waals surface area contributed by atoms with Gasteiger partial charge in [-0.15, -0.1) is 0 Å². The molecule has 0 aliphatic carbocycles. The smallest absolute Gasteiger partial charge is 0.260 e. The van der Waals surface area contributed by atoms with Crippen molar-refractivity contribution in [2.24, 2.45) is 5.92 Å². The Morgan fingerprint density at radius 1 is 1.24 bits per heavy atom. The lowest BCUT2D eigenvalue weighted by Crippen LogP contribution is -2.47. The van der Waals surface area contributed by atoms with Crippen LogP contribution < -0.4 is 9.47 Å². The van der Waals surface area contributed by atoms with Crippen molar-refractivity contribution in [1.82, 2.24) is 9.80 Å². The van der Waals surface area contributed by atoms with Crippen LogP contribution in [-0.4, -0.2) is 74.9 Å². The third-order valence-corrected chi connectivity index (χ3v) is 5.11. The number of aryl methyl sites for hydroxylation is 1. The van der Waals surface area contributed by atoms with E-state index in [0.717, 1.165) is 45.0 Å². The molecule has 2 saturated heterocycles. The van der Waals surface area contributed by atoms with E-state index in [-0.39, 0.29) is 12.5 Å². The number of amides is 1. The summed E-state index contributed by atoms with van der Waals surface area (Å²) in [6.45, 7) is 9.29. The van der Waals surface area contributed by atoms with E-state index in [9.17, 15) is 4.79 Å². The van der Waals surface area contributed by atoms with E-state index in [2.05, 4.69) is 11.8 Å². The molecule has 2 atom stereocenters. The third kappa shape index (κ3) is 4.25. The van der Waals surface area contributed by atoms with Crippen molar-refractivity contribution in [2.75, 3.05) is 53.1 Å². The lowest BCUT2D eigenvalue weighted by Gasteiger charge is -2.33. The SMILES string of the molecule is COc1cc(C)ccc1OCC(=O)N1C[C@@H](C)[C@@H](N2CCOCC2)C1. The van der Waals surface area contributed by atoms with Gasteiger partial charge in [-0.3, -0.25) is 9.69 Å². The Kier molecular flexibility index (Phi) is 5.81. The van der Waals surface area contributed by atoms with Gasteiger partial charge in [0.1, 0.15) is 0 Å². The predicted molar refractivity (Wildman–Crippen MR) is 95.2 cm³/mol. The minimum atomic E-state index is 0.0326. The molecule has 2 fully saturated rings. The maximum atomic E-state index is 12.6. The number of methoxy groups -OCH3 is 1. The van der Waals surface area contributed by atoms with Crippen molar-refractivity contribution < 1.29 is 19.0 Å². The van der Waals surface area contributed by atoms with Gasteiger partial charge in [-0.05, 0) is 30.5 Å². The van der Waals surface area contributed by atoms with Crippen LogP contribution in [0.3, 0.4) is 0 Å². The largest absolute Gasteiger partial charge is 0.493 e. The topological polar surface area (TPSA) is 51.2 Å². The lowest BCUT2D eigenvalue weighted by atomic mass is 10.0. The first-order valence-electron chi connectivity index (χ1n) is 8.95. The Bertz CT molecular complexity index is 601. The molecule has 1 amide bonds. The van der Waals surface area contributed by atoms with E-state index >= 15 is 0 Å². The average Bonchev–Trinajstić information content (AvgIpc) is 3.03. The Labute approximate surface area is 149 Å². The molecular formula is C19H28N2O4. The highest BCUT2D eigenvalue weighted by atomic mass is 16.5. The molecule has 1 aromatic rings. The summed E-state index contributed by atoms with van der Waals surface area (Å²) in [5.74, 6) is 1.77. The second kappa shape index (κ2) is 8.06. The number of carbonyl (C=O) groups is 1. The van der Waals surface area contributed by atoms with Crippen LogP contribution >= 0.6 is 0 Å². The number of carbonyl (C=O) groups excluding carboxylic acids is 1. The Morgan fingerprint density at radius 3 is 2.72 bits per heavy atom. The minimum Gasteiger partial charge on any atom is -0.493 e. The number of nitrogens with zero attached hydrogens (tertiary/aromatic N) is 2. The van der Waals surface area contributed by atoms with Crippen LogP contribution in [0.15, 0.2) is 18.2 Å². The Morgan fingerprint density at radius 2 is 2.00 bits per heavy atom. The fraction of sp³-hybridized carbons (Fsp3) is 0.632. The molecule has 2 aliphatic rings. The highest BCUT2D eigenvalue weighted by molar-refractivity contribution is 5.78. The van der Waals surface area contributed by atoms with Crippen molar-refractivity contribution >= 4 is 5.91 Å². The van der Waals surface area contributed by atoms with Crippen LogP contribution in [0.25, 0.3) is 0 Å². The summed E-state index contributed by atoms with van der Waals surface area (Å²) in [5, 5.41) is 0. The summed E-state index contributed by atoms with van der Waals surface area (Å²) in [7, 11) is 1.61. The van der Waals surface area contributed by atoms with Gasteiger partial charge in [-0.1, -0.05) is 13.0 Å². The van der Waals surface area contributed by atoms with Crippen molar-refractivity contribution in [2.45, 2.75) is 19.9 Å². The summed E-state index contributed by atoms with van der Waals surface area (Å²) >= 11 is 0. The molecule has 0 radical (unpaired) electrons. The summed E-state index contributed by atoms with van der Waals surface area (Å²) in [6, 6.07) is 6.13. The number of ether oxygens (including phenoxy) is 3. The molecule has 6 heteroatoms. The summed E-state index contributed by atoms with van der Waals surface area (Å²) in [5.41, 5.74) is 1.09. The molecule has 0 N–H and O–H groups in total. The molecule has 2 heterocycles. The van der Waals surface area contributed by atoms with Gasteiger partial charge < -0.3 is 19.1 Å². The van der Waals surface area contributed by atoms with Crippen LogP contribution in [0.5, 0.6) is 11.5 Å². The normalized spacial score (nSPS) is 24.4. The number of benzene rings is 1. The highest BCUT2D eigenvalue weighted by Gasteiger charge is 2.36. The van der Waals surface area contributed by atoms with E-state index < -0.39 is 0 Å². The van der Waals surface area contributed by atoms with E-state index in [1.807, 2.05) is 30.0 Å². The van der Waals surface area contributed by atoms with Gasteiger partial charge in [0.15, 0.2) is 18.1 Å². The van der Waals surface area contributed by atoms with Gasteiger partial charge >= 0.3 is 0 Å². The zero-order chi connectivity index (χ0) is 17.8. The first-order chi connectivity index (χ1) is 12.1. The molecule has 0 unspecified atom stereocenters. The molecule has 25 heavy (non-hydrogen) atoms. The van der Waals surface area contributed by atoms with Crippen LogP contribution in [0.1, 0.15) is 12.5 Å². The predicted octanol–water partition coefficient (Wildman–Crippen LogP) is 1.56. The molecule has 138 valence electrons. The molecule has 0 bridgehead atoms. The fourth-order valence-corrected chi connectivity index (χ4v) is 3.66. The van der Waals surface area contributed by atoms with E-state index in [1.165, 1.54) is 0 Å². The average molecular weight is 348 g/mol. The van der Waals surface area contributed by atoms with Crippen LogP contribution in [0.4, 0.5) is 0 Å². The lowest BCUT2D eigenvalue weighted by molar-refractivity contribution is -0.132. The monoisotopic (exact) mass is 348 g/mol. The van der Waals surface area contributed by atoms with Gasteiger partial charge in [-0.25, -0.2) is 0 Å². The number of hydrogen-bond acceptors (Lipinski definition) is 5. The van der Waals surface area contributed by atoms with Crippen molar-refractivity contribution in [3.8, 4) is 11.5 Å². The molecule has 2 aliphatic heterocycles. The number of likely N-dealkylation sites (tertiary alicyclic amines) is 1. The third-order valence-electron chi connectivity index (χ3n) is 5.11. The standard InChI is InChI=1S/C19H28N2O4/c1-14-4-5-17(18(10-14)23-3)25-13-19(22)21-11-15(2)16(12-21)20-6-8-24-9-7-20/h4-5,10,15-16H,6-9,11-13H2,1-3H3/t15-,16+/m1/s1. The number of morpholine rings is 1. The molecule has 1 aromatic carbocycles. The molecule has 6 nitrogen and oxygen atoms in total. The van der Waals surface area contributed by atoms with Gasteiger partial charge in [0.05, 0.1) is 20.3 Å². The van der Waals surface area contributed by atoms with E-state index in [4.69, 9.17) is 14.2 Å². The van der Waals surface area contributed by atoms with Crippen LogP contribution in [-0.2, 0) is 9.53 Å². The van der Waals surface area contributed by atoms with E-state index in [0.29, 0.717) is 23.5 Å². The molecule has 0 spiro atoms. The maximum absolute atomic E-state index is 12.6. The van der Waals surface area contributed by atoms with Crippen LogP contribution in [0, 0.1) is 12.8 Å². The minimum absolute atomic E-state index is 0.0326. The molecule has 0 aromatic heterocycles. The van der Waals surface area contributed by atoms with Crippen LogP contribution in [0.2, 0.25) is 0 Å². The first kappa shape index (κ1) is 18.0. The number of hydrogen-bond donors (Lipinski definition) is 0. The Hall–Kier alpha value is -1.79. The second-order valence-corrected chi connectivity index (χ2v) is 6.93.